The molecule has 2 aromatic rings. The van der Waals surface area contributed by atoms with E-state index in [1.165, 1.54) is 29.2 Å². The van der Waals surface area contributed by atoms with Gasteiger partial charge in [0.05, 0.1) is 0 Å². The topological polar surface area (TPSA) is 57.6 Å². The van der Waals surface area contributed by atoms with E-state index in [9.17, 15) is 22.8 Å². The number of aliphatic carboxylic acids is 1. The predicted octanol–water partition coefficient (Wildman–Crippen LogP) is 3.91. The first-order chi connectivity index (χ1) is 12.2. The monoisotopic (exact) mass is 365 g/mol. The Bertz CT molecular complexity index is 743. The Balaban J connectivity index is 2.10. The van der Waals surface area contributed by atoms with Crippen molar-refractivity contribution in [3.63, 3.8) is 0 Å². The molecule has 0 saturated carbocycles. The minimum Gasteiger partial charge on any atom is -0.480 e. The smallest absolute Gasteiger partial charge is 0.389 e. The number of rotatable bonds is 7. The summed E-state index contributed by atoms with van der Waals surface area (Å²) < 4.78 is 36.8. The van der Waals surface area contributed by atoms with Crippen molar-refractivity contribution in [1.82, 2.24) is 4.90 Å². The number of halogens is 3. The molecule has 0 saturated heterocycles. The second-order valence-electron chi connectivity index (χ2n) is 5.85. The SMILES string of the molecule is O=C(O)CN(Cc1ccccc1)C(=O)c1ccc(CCC(F)(F)F)cc1. The molecule has 0 aliphatic heterocycles. The number of alkyl halides is 3. The summed E-state index contributed by atoms with van der Waals surface area (Å²) in [5, 5.41) is 9.05. The number of amides is 1. The third-order valence-corrected chi connectivity index (χ3v) is 3.73. The summed E-state index contributed by atoms with van der Waals surface area (Å²) in [7, 11) is 0. The average molecular weight is 365 g/mol. The molecule has 0 aliphatic rings. The number of carbonyl (C=O) groups excluding carboxylic acids is 1. The maximum Gasteiger partial charge on any atom is 0.389 e. The largest absolute Gasteiger partial charge is 0.480 e. The summed E-state index contributed by atoms with van der Waals surface area (Å²) >= 11 is 0. The van der Waals surface area contributed by atoms with Gasteiger partial charge in [-0.25, -0.2) is 0 Å². The van der Waals surface area contributed by atoms with Crippen molar-refractivity contribution in [2.24, 2.45) is 0 Å². The fraction of sp³-hybridized carbons (Fsp3) is 0.263. The Hall–Kier alpha value is -2.83. The van der Waals surface area contributed by atoms with Crippen molar-refractivity contribution in [1.29, 1.82) is 0 Å². The van der Waals surface area contributed by atoms with Gasteiger partial charge in [0, 0.05) is 18.5 Å². The number of carboxylic acid groups (broad SMARTS) is 1. The van der Waals surface area contributed by atoms with Crippen LogP contribution in [0.1, 0.15) is 27.9 Å². The standard InChI is InChI=1S/C19H18F3NO3/c20-19(21,22)11-10-14-6-8-16(9-7-14)18(26)23(13-17(24)25)12-15-4-2-1-3-5-15/h1-9H,10-13H2,(H,24,25). The van der Waals surface area contributed by atoms with Crippen LogP contribution in [0.4, 0.5) is 13.2 Å². The molecule has 26 heavy (non-hydrogen) atoms. The van der Waals surface area contributed by atoms with Gasteiger partial charge in [0.1, 0.15) is 6.54 Å². The Morgan fingerprint density at radius 3 is 2.08 bits per heavy atom. The summed E-state index contributed by atoms with van der Waals surface area (Å²) in [6.45, 7) is -0.342. The Labute approximate surface area is 148 Å². The first kappa shape index (κ1) is 19.5. The first-order valence-corrected chi connectivity index (χ1v) is 7.95. The molecule has 0 heterocycles. The van der Waals surface area contributed by atoms with Gasteiger partial charge >= 0.3 is 12.1 Å². The van der Waals surface area contributed by atoms with Gasteiger partial charge in [-0.2, -0.15) is 13.2 Å². The van der Waals surface area contributed by atoms with Crippen LogP contribution >= 0.6 is 0 Å². The van der Waals surface area contributed by atoms with Crippen LogP contribution in [-0.4, -0.2) is 34.6 Å². The van der Waals surface area contributed by atoms with E-state index >= 15 is 0 Å². The fourth-order valence-electron chi connectivity index (χ4n) is 2.45. The molecule has 0 spiro atoms. The summed E-state index contributed by atoms with van der Waals surface area (Å²) in [6, 6.07) is 14.7. The lowest BCUT2D eigenvalue weighted by molar-refractivity contribution is -0.138. The number of hydrogen-bond acceptors (Lipinski definition) is 2. The van der Waals surface area contributed by atoms with E-state index in [0.29, 0.717) is 5.56 Å². The van der Waals surface area contributed by atoms with Crippen molar-refractivity contribution in [3.05, 3.63) is 71.3 Å². The molecule has 0 aromatic heterocycles. The normalized spacial score (nSPS) is 11.2. The van der Waals surface area contributed by atoms with Crippen molar-refractivity contribution in [2.45, 2.75) is 25.6 Å². The van der Waals surface area contributed by atoms with E-state index in [0.717, 1.165) is 5.56 Å². The summed E-state index contributed by atoms with van der Waals surface area (Å²) in [5.41, 5.74) is 1.48. The highest BCUT2D eigenvalue weighted by Gasteiger charge is 2.26. The Morgan fingerprint density at radius 2 is 1.54 bits per heavy atom. The van der Waals surface area contributed by atoms with Crippen LogP contribution in [-0.2, 0) is 17.8 Å². The average Bonchev–Trinajstić information content (AvgIpc) is 2.59. The molecule has 2 aromatic carbocycles. The summed E-state index contributed by atoms with van der Waals surface area (Å²) in [4.78, 5) is 24.8. The molecule has 7 heteroatoms. The van der Waals surface area contributed by atoms with Gasteiger partial charge < -0.3 is 10.0 Å². The van der Waals surface area contributed by atoms with Crippen molar-refractivity contribution in [3.8, 4) is 0 Å². The van der Waals surface area contributed by atoms with Gasteiger partial charge in [0.25, 0.3) is 5.91 Å². The van der Waals surface area contributed by atoms with E-state index in [-0.39, 0.29) is 18.5 Å². The summed E-state index contributed by atoms with van der Waals surface area (Å²) in [5.74, 6) is -1.63. The molecule has 138 valence electrons. The van der Waals surface area contributed by atoms with Gasteiger partial charge in [-0.05, 0) is 29.7 Å². The quantitative estimate of drug-likeness (QED) is 0.809. The molecule has 0 radical (unpaired) electrons. The lowest BCUT2D eigenvalue weighted by Gasteiger charge is -2.21. The minimum atomic E-state index is -4.23. The zero-order valence-electron chi connectivity index (χ0n) is 13.9. The van der Waals surface area contributed by atoms with Crippen molar-refractivity contribution >= 4 is 11.9 Å². The van der Waals surface area contributed by atoms with Crippen LogP contribution in [0, 0.1) is 0 Å². The number of hydrogen-bond donors (Lipinski definition) is 1. The lowest BCUT2D eigenvalue weighted by atomic mass is 10.1. The third kappa shape index (κ3) is 6.23. The molecular weight excluding hydrogens is 347 g/mol. The van der Waals surface area contributed by atoms with E-state index < -0.39 is 31.0 Å². The van der Waals surface area contributed by atoms with Gasteiger partial charge in [-0.1, -0.05) is 42.5 Å². The van der Waals surface area contributed by atoms with Gasteiger partial charge in [0.15, 0.2) is 0 Å². The van der Waals surface area contributed by atoms with E-state index in [1.54, 1.807) is 24.3 Å². The van der Waals surface area contributed by atoms with Crippen LogP contribution in [0.25, 0.3) is 0 Å². The van der Waals surface area contributed by atoms with Crippen molar-refractivity contribution in [2.75, 3.05) is 6.54 Å². The molecular formula is C19H18F3NO3. The van der Waals surface area contributed by atoms with Crippen LogP contribution in [0.5, 0.6) is 0 Å². The lowest BCUT2D eigenvalue weighted by Crippen LogP contribution is -2.35. The zero-order valence-corrected chi connectivity index (χ0v) is 13.9. The maximum atomic E-state index is 12.6. The van der Waals surface area contributed by atoms with Crippen LogP contribution in [0.15, 0.2) is 54.6 Å². The van der Waals surface area contributed by atoms with Crippen molar-refractivity contribution < 1.29 is 27.9 Å². The predicted molar refractivity (Wildman–Crippen MR) is 89.6 cm³/mol. The number of benzene rings is 2. The van der Waals surface area contributed by atoms with Gasteiger partial charge in [-0.15, -0.1) is 0 Å². The molecule has 0 unspecified atom stereocenters. The van der Waals surface area contributed by atoms with Gasteiger partial charge in [-0.3, -0.25) is 9.59 Å². The number of carboxylic acids is 1. The highest BCUT2D eigenvalue weighted by atomic mass is 19.4. The third-order valence-electron chi connectivity index (χ3n) is 3.73. The van der Waals surface area contributed by atoms with Crippen LogP contribution in [0.3, 0.4) is 0 Å². The van der Waals surface area contributed by atoms with Crippen LogP contribution in [0.2, 0.25) is 0 Å². The van der Waals surface area contributed by atoms with E-state index in [4.69, 9.17) is 5.11 Å². The van der Waals surface area contributed by atoms with E-state index in [1.807, 2.05) is 6.07 Å². The summed E-state index contributed by atoms with van der Waals surface area (Å²) in [6.07, 6.45) is -5.33. The molecule has 0 fully saturated rings. The van der Waals surface area contributed by atoms with E-state index in [2.05, 4.69) is 0 Å². The first-order valence-electron chi connectivity index (χ1n) is 7.95. The van der Waals surface area contributed by atoms with Gasteiger partial charge in [0.2, 0.25) is 0 Å². The number of aryl methyl sites for hydroxylation is 1. The maximum absolute atomic E-state index is 12.6. The molecule has 4 nitrogen and oxygen atoms in total. The fourth-order valence-corrected chi connectivity index (χ4v) is 2.45. The molecule has 1 N–H and O–H groups in total. The molecule has 0 bridgehead atoms. The Kier molecular flexibility index (Phi) is 6.38. The highest BCUT2D eigenvalue weighted by Crippen LogP contribution is 2.22. The minimum absolute atomic E-state index is 0.127. The molecule has 2 rings (SSSR count). The molecule has 1 amide bonds. The van der Waals surface area contributed by atoms with Crippen LogP contribution < -0.4 is 0 Å². The highest BCUT2D eigenvalue weighted by molar-refractivity contribution is 5.95. The Morgan fingerprint density at radius 1 is 0.923 bits per heavy atom. The number of carbonyl (C=O) groups is 2. The number of nitrogens with zero attached hydrogens (tertiary/aromatic N) is 1. The second-order valence-corrected chi connectivity index (χ2v) is 5.85. The molecule has 0 aliphatic carbocycles. The molecule has 0 atom stereocenters. The second kappa shape index (κ2) is 8.51. The zero-order chi connectivity index (χ0) is 19.2.